The fraction of sp³-hybridized carbons (Fsp3) is 0.909. The predicted molar refractivity (Wildman–Crippen MR) is 57.5 cm³/mol. The van der Waals surface area contributed by atoms with Crippen molar-refractivity contribution in [3.05, 3.63) is 0 Å². The largest absolute Gasteiger partial charge is 0.378 e. The van der Waals surface area contributed by atoms with Gasteiger partial charge < -0.3 is 15.0 Å². The second kappa shape index (κ2) is 4.94. The summed E-state index contributed by atoms with van der Waals surface area (Å²) in [6, 6.07) is 0. The summed E-state index contributed by atoms with van der Waals surface area (Å²) in [5.74, 6) is 1.88. The normalized spacial score (nSPS) is 30.3. The molecule has 15 heavy (non-hydrogen) atoms. The van der Waals surface area contributed by atoms with Crippen molar-refractivity contribution >= 4 is 5.91 Å². The lowest BCUT2D eigenvalue weighted by Crippen LogP contribution is -2.44. The monoisotopic (exact) mass is 212 g/mol. The highest BCUT2D eigenvalue weighted by molar-refractivity contribution is 5.78. The molecule has 1 aliphatic carbocycles. The van der Waals surface area contributed by atoms with Gasteiger partial charge in [-0.2, -0.15) is 0 Å². The quantitative estimate of drug-likeness (QED) is 0.718. The molecular weight excluding hydrogens is 192 g/mol. The molecule has 2 unspecified atom stereocenters. The van der Waals surface area contributed by atoms with Crippen molar-refractivity contribution in [2.45, 2.75) is 13.3 Å². The lowest BCUT2D eigenvalue weighted by Gasteiger charge is -2.26. The zero-order chi connectivity index (χ0) is 10.7. The van der Waals surface area contributed by atoms with Gasteiger partial charge >= 0.3 is 0 Å². The smallest absolute Gasteiger partial charge is 0.236 e. The Bertz CT molecular complexity index is 227. The van der Waals surface area contributed by atoms with E-state index in [1.54, 1.807) is 0 Å². The minimum absolute atomic E-state index is 0.214. The molecule has 1 saturated heterocycles. The second-order valence-electron chi connectivity index (χ2n) is 4.60. The topological polar surface area (TPSA) is 41.6 Å². The summed E-state index contributed by atoms with van der Waals surface area (Å²) in [5.41, 5.74) is 0. The summed E-state index contributed by atoms with van der Waals surface area (Å²) in [5, 5.41) is 3.24. The number of carbonyl (C=O) groups is 1. The molecule has 1 N–H and O–H groups in total. The summed E-state index contributed by atoms with van der Waals surface area (Å²) in [4.78, 5) is 13.6. The van der Waals surface area contributed by atoms with Crippen LogP contribution in [0.2, 0.25) is 0 Å². The Labute approximate surface area is 91.0 Å². The lowest BCUT2D eigenvalue weighted by molar-refractivity contribution is -0.134. The first-order valence-corrected chi connectivity index (χ1v) is 5.83. The molecule has 0 spiro atoms. The van der Waals surface area contributed by atoms with Crippen molar-refractivity contribution in [3.8, 4) is 0 Å². The molecule has 1 heterocycles. The fourth-order valence-corrected chi connectivity index (χ4v) is 1.97. The number of hydrogen-bond acceptors (Lipinski definition) is 3. The number of ether oxygens (including phenoxy) is 1. The van der Waals surface area contributed by atoms with Gasteiger partial charge in [0.25, 0.3) is 0 Å². The van der Waals surface area contributed by atoms with Crippen LogP contribution in [0.25, 0.3) is 0 Å². The molecule has 0 radical (unpaired) electrons. The summed E-state index contributed by atoms with van der Waals surface area (Å²) in [6.07, 6.45) is 1.32. The minimum Gasteiger partial charge on any atom is -0.378 e. The maximum atomic E-state index is 11.7. The Kier molecular flexibility index (Phi) is 3.59. The van der Waals surface area contributed by atoms with Gasteiger partial charge in [0.15, 0.2) is 0 Å². The maximum absolute atomic E-state index is 11.7. The summed E-state index contributed by atoms with van der Waals surface area (Å²) in [6.45, 7) is 6.62. The van der Waals surface area contributed by atoms with E-state index in [-0.39, 0.29) is 5.91 Å². The van der Waals surface area contributed by atoms with E-state index in [4.69, 9.17) is 4.74 Å². The Morgan fingerprint density at radius 1 is 1.47 bits per heavy atom. The zero-order valence-corrected chi connectivity index (χ0v) is 9.37. The molecule has 2 atom stereocenters. The number of nitrogens with one attached hydrogen (secondary N) is 1. The van der Waals surface area contributed by atoms with Crippen molar-refractivity contribution in [1.29, 1.82) is 0 Å². The van der Waals surface area contributed by atoms with Crippen LogP contribution in [0.1, 0.15) is 13.3 Å². The van der Waals surface area contributed by atoms with Crippen LogP contribution in [0.5, 0.6) is 0 Å². The molecule has 2 fully saturated rings. The molecule has 4 nitrogen and oxygen atoms in total. The predicted octanol–water partition coefficient (Wildman–Crippen LogP) is 0.0908. The molecular formula is C11H20N2O2. The molecule has 2 rings (SSSR count). The van der Waals surface area contributed by atoms with Crippen LogP contribution < -0.4 is 5.32 Å². The first-order chi connectivity index (χ1) is 7.27. The Morgan fingerprint density at radius 3 is 2.73 bits per heavy atom. The molecule has 4 heteroatoms. The molecule has 1 aliphatic heterocycles. The molecule has 0 aromatic rings. The van der Waals surface area contributed by atoms with Crippen LogP contribution in [0, 0.1) is 11.8 Å². The molecule has 1 saturated carbocycles. The van der Waals surface area contributed by atoms with E-state index in [0.717, 1.165) is 31.5 Å². The van der Waals surface area contributed by atoms with Crippen LogP contribution in [0.4, 0.5) is 0 Å². The van der Waals surface area contributed by atoms with Gasteiger partial charge in [-0.05, 0) is 24.8 Å². The van der Waals surface area contributed by atoms with Crippen molar-refractivity contribution in [1.82, 2.24) is 10.2 Å². The van der Waals surface area contributed by atoms with Crippen LogP contribution in [0.3, 0.4) is 0 Å². The van der Waals surface area contributed by atoms with Crippen LogP contribution in [-0.2, 0) is 9.53 Å². The van der Waals surface area contributed by atoms with E-state index >= 15 is 0 Å². The van der Waals surface area contributed by atoms with Crippen molar-refractivity contribution in [3.63, 3.8) is 0 Å². The van der Waals surface area contributed by atoms with Gasteiger partial charge in [-0.1, -0.05) is 6.92 Å². The summed E-state index contributed by atoms with van der Waals surface area (Å²) >= 11 is 0. The SMILES string of the molecule is CC1CC1CNCC(=O)N1CCOCC1. The molecule has 1 amide bonds. The first kappa shape index (κ1) is 10.9. The van der Waals surface area contributed by atoms with E-state index in [2.05, 4.69) is 12.2 Å². The molecule has 0 aromatic heterocycles. The third kappa shape index (κ3) is 3.18. The number of carbonyl (C=O) groups excluding carboxylic acids is 1. The molecule has 0 aromatic carbocycles. The van der Waals surface area contributed by atoms with Gasteiger partial charge in [-0.25, -0.2) is 0 Å². The third-order valence-electron chi connectivity index (χ3n) is 3.32. The van der Waals surface area contributed by atoms with Gasteiger partial charge in [-0.3, -0.25) is 4.79 Å². The van der Waals surface area contributed by atoms with Gasteiger partial charge in [0, 0.05) is 13.1 Å². The zero-order valence-electron chi connectivity index (χ0n) is 9.37. The van der Waals surface area contributed by atoms with E-state index in [1.807, 2.05) is 4.90 Å². The first-order valence-electron chi connectivity index (χ1n) is 5.83. The molecule has 0 bridgehead atoms. The van der Waals surface area contributed by atoms with E-state index < -0.39 is 0 Å². The minimum atomic E-state index is 0.214. The molecule has 2 aliphatic rings. The average Bonchev–Trinajstić information content (AvgIpc) is 2.96. The number of morpholine rings is 1. The van der Waals surface area contributed by atoms with Crippen molar-refractivity contribution in [2.75, 3.05) is 39.4 Å². The van der Waals surface area contributed by atoms with Crippen LogP contribution in [0.15, 0.2) is 0 Å². The van der Waals surface area contributed by atoms with Crippen LogP contribution >= 0.6 is 0 Å². The van der Waals surface area contributed by atoms with Crippen molar-refractivity contribution in [2.24, 2.45) is 11.8 Å². The number of hydrogen-bond donors (Lipinski definition) is 1. The summed E-state index contributed by atoms with van der Waals surface area (Å²) in [7, 11) is 0. The number of amides is 1. The highest BCUT2D eigenvalue weighted by Gasteiger charge is 2.31. The van der Waals surface area contributed by atoms with Gasteiger partial charge in [-0.15, -0.1) is 0 Å². The van der Waals surface area contributed by atoms with E-state index in [0.29, 0.717) is 19.8 Å². The number of rotatable bonds is 4. The van der Waals surface area contributed by atoms with Gasteiger partial charge in [0.1, 0.15) is 0 Å². The number of nitrogens with zero attached hydrogens (tertiary/aromatic N) is 1. The Hall–Kier alpha value is -0.610. The third-order valence-corrected chi connectivity index (χ3v) is 3.32. The molecule has 86 valence electrons. The second-order valence-corrected chi connectivity index (χ2v) is 4.60. The lowest BCUT2D eigenvalue weighted by atomic mass is 10.3. The van der Waals surface area contributed by atoms with E-state index in [1.165, 1.54) is 6.42 Å². The van der Waals surface area contributed by atoms with Gasteiger partial charge in [0.05, 0.1) is 19.8 Å². The maximum Gasteiger partial charge on any atom is 0.236 e. The highest BCUT2D eigenvalue weighted by atomic mass is 16.5. The standard InChI is InChI=1S/C11H20N2O2/c1-9-6-10(9)7-12-8-11(14)13-2-4-15-5-3-13/h9-10,12H,2-8H2,1H3. The highest BCUT2D eigenvalue weighted by Crippen LogP contribution is 2.36. The van der Waals surface area contributed by atoms with Crippen LogP contribution in [-0.4, -0.2) is 50.2 Å². The Morgan fingerprint density at radius 2 is 2.13 bits per heavy atom. The summed E-state index contributed by atoms with van der Waals surface area (Å²) < 4.78 is 5.20. The van der Waals surface area contributed by atoms with Crippen molar-refractivity contribution < 1.29 is 9.53 Å². The van der Waals surface area contributed by atoms with Gasteiger partial charge in [0.2, 0.25) is 5.91 Å². The average molecular weight is 212 g/mol. The Balaban J connectivity index is 1.59. The fourth-order valence-electron chi connectivity index (χ4n) is 1.97. The van der Waals surface area contributed by atoms with E-state index in [9.17, 15) is 4.79 Å².